The highest BCUT2D eigenvalue weighted by molar-refractivity contribution is 7.99. The quantitative estimate of drug-likeness (QED) is 0.809. The topological polar surface area (TPSA) is 33.5 Å². The molecule has 104 valence electrons. The summed E-state index contributed by atoms with van der Waals surface area (Å²) in [7, 11) is 0. The fourth-order valence-electron chi connectivity index (χ4n) is 2.50. The molecule has 19 heavy (non-hydrogen) atoms. The van der Waals surface area contributed by atoms with E-state index in [0.29, 0.717) is 12.3 Å². The Hall–Kier alpha value is -1.00. The third-order valence-corrected chi connectivity index (χ3v) is 4.10. The zero-order valence-electron chi connectivity index (χ0n) is 11.6. The number of carbonyl (C=O) groups excluding carboxylic acids is 1. The summed E-state index contributed by atoms with van der Waals surface area (Å²) in [5.74, 6) is 0.647. The number of nitrogens with one attached hydrogen (secondary N) is 2. The van der Waals surface area contributed by atoms with Crippen LogP contribution in [0.3, 0.4) is 0 Å². The molecule has 3 nitrogen and oxygen atoms in total. The average Bonchev–Trinajstić information content (AvgIpc) is 2.91. The summed E-state index contributed by atoms with van der Waals surface area (Å²) < 4.78 is 0. The van der Waals surface area contributed by atoms with Crippen LogP contribution in [0.2, 0.25) is 0 Å². The van der Waals surface area contributed by atoms with Crippen LogP contribution in [0.1, 0.15) is 24.0 Å². The van der Waals surface area contributed by atoms with E-state index in [0.717, 1.165) is 6.54 Å². The lowest BCUT2D eigenvalue weighted by Crippen LogP contribution is -3.08. The molecule has 1 aromatic carbocycles. The van der Waals surface area contributed by atoms with Crippen molar-refractivity contribution in [2.45, 2.75) is 25.9 Å². The molecule has 1 amide bonds. The van der Waals surface area contributed by atoms with Crippen LogP contribution >= 0.6 is 11.8 Å². The van der Waals surface area contributed by atoms with E-state index in [1.807, 2.05) is 6.26 Å². The van der Waals surface area contributed by atoms with Gasteiger partial charge in [0.15, 0.2) is 0 Å². The van der Waals surface area contributed by atoms with E-state index >= 15 is 0 Å². The molecule has 0 radical (unpaired) electrons. The van der Waals surface area contributed by atoms with Gasteiger partial charge in [-0.05, 0) is 11.8 Å². The van der Waals surface area contributed by atoms with E-state index in [4.69, 9.17) is 0 Å². The summed E-state index contributed by atoms with van der Waals surface area (Å²) in [5, 5.41) is 2.93. The molecular weight excluding hydrogens is 256 g/mol. The Labute approximate surface area is 119 Å². The number of thioether (sulfide) groups is 1. The summed E-state index contributed by atoms with van der Waals surface area (Å²) in [6, 6.07) is 8.65. The highest BCUT2D eigenvalue weighted by atomic mass is 32.2. The highest BCUT2D eigenvalue weighted by Crippen LogP contribution is 2.04. The molecule has 1 aromatic rings. The Bertz CT molecular complexity index is 399. The monoisotopic (exact) mass is 279 g/mol. The number of hydrogen-bond donors (Lipinski definition) is 2. The largest absolute Gasteiger partial charge is 0.351 e. The van der Waals surface area contributed by atoms with Crippen molar-refractivity contribution < 1.29 is 9.69 Å². The number of rotatable bonds is 6. The minimum atomic E-state index is 0.109. The summed E-state index contributed by atoms with van der Waals surface area (Å²) in [6.07, 6.45) is 4.68. The predicted molar refractivity (Wildman–Crippen MR) is 80.3 cm³/mol. The first-order chi connectivity index (χ1) is 9.28. The zero-order valence-corrected chi connectivity index (χ0v) is 12.4. The number of hydrogen-bond acceptors (Lipinski definition) is 2. The van der Waals surface area contributed by atoms with Crippen molar-refractivity contribution in [2.24, 2.45) is 0 Å². The van der Waals surface area contributed by atoms with Crippen LogP contribution in [0, 0.1) is 0 Å². The van der Waals surface area contributed by atoms with E-state index in [1.165, 1.54) is 37.1 Å². The highest BCUT2D eigenvalue weighted by Gasteiger charge is 2.15. The Morgan fingerprint density at radius 3 is 2.47 bits per heavy atom. The number of carbonyl (C=O) groups is 1. The molecule has 0 atom stereocenters. The van der Waals surface area contributed by atoms with Gasteiger partial charge in [0, 0.05) is 24.9 Å². The molecule has 1 saturated heterocycles. The fourth-order valence-corrected chi connectivity index (χ4v) is 2.86. The molecule has 1 heterocycles. The van der Waals surface area contributed by atoms with Gasteiger partial charge in [0.2, 0.25) is 5.91 Å². The first-order valence-electron chi connectivity index (χ1n) is 6.95. The first kappa shape index (κ1) is 14.4. The number of likely N-dealkylation sites (tertiary alicyclic amines) is 1. The molecule has 0 saturated carbocycles. The van der Waals surface area contributed by atoms with Crippen molar-refractivity contribution in [2.75, 3.05) is 25.1 Å². The Kier molecular flexibility index (Phi) is 5.73. The zero-order chi connectivity index (χ0) is 13.5. The van der Waals surface area contributed by atoms with Crippen LogP contribution in [0.15, 0.2) is 24.3 Å². The second-order valence-electron chi connectivity index (χ2n) is 5.16. The Morgan fingerprint density at radius 2 is 1.84 bits per heavy atom. The van der Waals surface area contributed by atoms with Crippen molar-refractivity contribution in [1.82, 2.24) is 5.32 Å². The van der Waals surface area contributed by atoms with Gasteiger partial charge < -0.3 is 10.2 Å². The van der Waals surface area contributed by atoms with Gasteiger partial charge in [-0.2, -0.15) is 11.8 Å². The van der Waals surface area contributed by atoms with Gasteiger partial charge in [-0.15, -0.1) is 0 Å². The van der Waals surface area contributed by atoms with Crippen molar-refractivity contribution in [3.63, 3.8) is 0 Å². The molecule has 1 aliphatic heterocycles. The Balaban J connectivity index is 1.79. The molecule has 2 rings (SSSR count). The van der Waals surface area contributed by atoms with Gasteiger partial charge in [-0.3, -0.25) is 4.79 Å². The molecule has 4 heteroatoms. The van der Waals surface area contributed by atoms with E-state index in [9.17, 15) is 4.79 Å². The van der Waals surface area contributed by atoms with Crippen molar-refractivity contribution >= 4 is 17.7 Å². The maximum Gasteiger partial charge on any atom is 0.230 e. The third kappa shape index (κ3) is 4.88. The van der Waals surface area contributed by atoms with Crippen LogP contribution in [0.4, 0.5) is 0 Å². The number of amides is 1. The molecule has 0 aliphatic carbocycles. The van der Waals surface area contributed by atoms with Gasteiger partial charge in [0.05, 0.1) is 18.8 Å². The molecule has 0 spiro atoms. The second kappa shape index (κ2) is 7.56. The number of benzene rings is 1. The standard InChI is InChI=1S/C15H22N2OS/c1-19-12-15(18)16-10-13-4-6-14(7-5-13)11-17-8-2-3-9-17/h4-7H,2-3,8-12H2,1H3,(H,16,18)/p+1. The van der Waals surface area contributed by atoms with Crippen LogP contribution in [-0.2, 0) is 17.9 Å². The number of quaternary nitrogens is 1. The minimum Gasteiger partial charge on any atom is -0.351 e. The summed E-state index contributed by atoms with van der Waals surface area (Å²) in [5.41, 5.74) is 2.57. The molecule has 2 N–H and O–H groups in total. The predicted octanol–water partition coefficient (Wildman–Crippen LogP) is 0.845. The van der Waals surface area contributed by atoms with E-state index < -0.39 is 0 Å². The lowest BCUT2D eigenvalue weighted by molar-refractivity contribution is -0.901. The summed E-state index contributed by atoms with van der Waals surface area (Å²) in [6.45, 7) is 4.40. The van der Waals surface area contributed by atoms with Crippen LogP contribution in [0.25, 0.3) is 0 Å². The first-order valence-corrected chi connectivity index (χ1v) is 8.34. The van der Waals surface area contributed by atoms with Gasteiger partial charge in [-0.25, -0.2) is 0 Å². The fraction of sp³-hybridized carbons (Fsp3) is 0.533. The van der Waals surface area contributed by atoms with E-state index in [-0.39, 0.29) is 5.91 Å². The minimum absolute atomic E-state index is 0.109. The van der Waals surface area contributed by atoms with Gasteiger partial charge in [-0.1, -0.05) is 24.3 Å². The van der Waals surface area contributed by atoms with Crippen LogP contribution < -0.4 is 10.2 Å². The van der Waals surface area contributed by atoms with Crippen molar-refractivity contribution in [3.8, 4) is 0 Å². The molecule has 0 bridgehead atoms. The SMILES string of the molecule is CSCC(=O)NCc1ccc(C[NH+]2CCCC2)cc1. The van der Waals surface area contributed by atoms with E-state index in [1.54, 1.807) is 16.7 Å². The molecular formula is C15H23N2OS+. The maximum absolute atomic E-state index is 11.4. The summed E-state index contributed by atoms with van der Waals surface area (Å²) in [4.78, 5) is 13.1. The van der Waals surface area contributed by atoms with Crippen molar-refractivity contribution in [1.29, 1.82) is 0 Å². The lowest BCUT2D eigenvalue weighted by Gasteiger charge is -2.12. The van der Waals surface area contributed by atoms with Gasteiger partial charge in [0.1, 0.15) is 6.54 Å². The maximum atomic E-state index is 11.4. The molecule has 0 unspecified atom stereocenters. The second-order valence-corrected chi connectivity index (χ2v) is 6.03. The third-order valence-electron chi connectivity index (χ3n) is 3.55. The van der Waals surface area contributed by atoms with Crippen LogP contribution in [-0.4, -0.2) is 31.0 Å². The smallest absolute Gasteiger partial charge is 0.230 e. The molecule has 1 fully saturated rings. The molecule has 0 aromatic heterocycles. The van der Waals surface area contributed by atoms with Crippen LogP contribution in [0.5, 0.6) is 0 Å². The van der Waals surface area contributed by atoms with Gasteiger partial charge in [0.25, 0.3) is 0 Å². The summed E-state index contributed by atoms with van der Waals surface area (Å²) >= 11 is 1.55. The Morgan fingerprint density at radius 1 is 1.21 bits per heavy atom. The van der Waals surface area contributed by atoms with Gasteiger partial charge >= 0.3 is 0 Å². The van der Waals surface area contributed by atoms with Crippen molar-refractivity contribution in [3.05, 3.63) is 35.4 Å². The van der Waals surface area contributed by atoms with E-state index in [2.05, 4.69) is 29.6 Å². The normalized spacial score (nSPS) is 15.6. The average molecular weight is 279 g/mol. The lowest BCUT2D eigenvalue weighted by atomic mass is 10.1. The molecule has 1 aliphatic rings.